The number of anilines is 1. The molecule has 2 aromatic carbocycles. The lowest BCUT2D eigenvalue weighted by Crippen LogP contribution is -2.45. The number of aromatic nitrogens is 3. The van der Waals surface area contributed by atoms with Crippen molar-refractivity contribution in [2.75, 3.05) is 31.7 Å². The number of rotatable bonds is 3. The summed E-state index contributed by atoms with van der Waals surface area (Å²) in [5.74, 6) is 0.363. The maximum absolute atomic E-state index is 15.7. The highest BCUT2D eigenvalue weighted by atomic mass is 19.1. The third-order valence-electron chi connectivity index (χ3n) is 9.21. The molecule has 0 aliphatic carbocycles. The van der Waals surface area contributed by atoms with Crippen molar-refractivity contribution >= 4 is 17.4 Å². The highest BCUT2D eigenvalue weighted by Crippen LogP contribution is 2.40. The van der Waals surface area contributed by atoms with Gasteiger partial charge in [-0.15, -0.1) is 0 Å². The number of hydrogen-bond acceptors (Lipinski definition) is 8. The lowest BCUT2D eigenvalue weighted by atomic mass is 9.92. The van der Waals surface area contributed by atoms with Crippen LogP contribution in [0, 0.1) is 19.7 Å². The van der Waals surface area contributed by atoms with Crippen molar-refractivity contribution < 1.29 is 28.1 Å². The van der Waals surface area contributed by atoms with Gasteiger partial charge in [0.15, 0.2) is 11.8 Å². The van der Waals surface area contributed by atoms with E-state index in [1.807, 2.05) is 84.0 Å². The van der Waals surface area contributed by atoms with Crippen molar-refractivity contribution in [3.05, 3.63) is 77.3 Å². The minimum absolute atomic E-state index is 0.180. The van der Waals surface area contributed by atoms with Crippen LogP contribution < -0.4 is 9.64 Å². The van der Waals surface area contributed by atoms with E-state index < -0.39 is 17.7 Å². The first-order valence-electron chi connectivity index (χ1n) is 17.0. The standard InChI is InChI=1S/C39H47FN4O5/c1-24-20-29(40)34-28-14-11-13-27(22-28)30-23-32-41-26(3)33(35(37(45)46-8)49-38(4,5)6)36(44(32)42-30)43-17-15-39(7,16-18-43)47-19-10-9-12-25(2)48-31(34)21-24/h9-11,13-14,20-23,25,35H,12,15-19H2,1-8H3/b10-9+/t25-,35-/m0/s1. The molecule has 0 unspecified atom stereocenters. The normalized spacial score (nSPS) is 21.2. The number of methoxy groups -OCH3 is 1. The SMILES string of the molecule is COC(=O)[C@@H](OC(C)(C)C)c1c(C)nc2cc3nn2c1N1CCC(C)(CC1)OC/C=C/C[C@H](C)Oc1cc(C)cc(F)c1-c1cccc-3c1. The Morgan fingerprint density at radius 1 is 1.08 bits per heavy atom. The molecule has 0 amide bonds. The van der Waals surface area contributed by atoms with E-state index in [2.05, 4.69) is 17.9 Å². The largest absolute Gasteiger partial charge is 0.490 e. The Kier molecular flexibility index (Phi) is 9.57. The number of halogens is 1. The van der Waals surface area contributed by atoms with E-state index in [-0.39, 0.29) is 17.5 Å². The average molecular weight is 671 g/mol. The molecule has 2 aromatic heterocycles. The van der Waals surface area contributed by atoms with Gasteiger partial charge in [0, 0.05) is 36.8 Å². The van der Waals surface area contributed by atoms with Gasteiger partial charge in [-0.1, -0.05) is 30.4 Å². The Balaban J connectivity index is 1.57. The van der Waals surface area contributed by atoms with Gasteiger partial charge in [0.05, 0.1) is 47.8 Å². The maximum atomic E-state index is 15.7. The van der Waals surface area contributed by atoms with Gasteiger partial charge in [0.2, 0.25) is 0 Å². The molecule has 3 aliphatic rings. The molecule has 7 rings (SSSR count). The van der Waals surface area contributed by atoms with Crippen molar-refractivity contribution in [3.63, 3.8) is 0 Å². The van der Waals surface area contributed by atoms with Crippen LogP contribution >= 0.6 is 0 Å². The lowest BCUT2D eigenvalue weighted by Gasteiger charge is -2.41. The van der Waals surface area contributed by atoms with Gasteiger partial charge in [-0.05, 0) is 90.6 Å². The van der Waals surface area contributed by atoms with Crippen LogP contribution in [0.1, 0.15) is 76.8 Å². The average Bonchev–Trinajstić information content (AvgIpc) is 3.46. The number of piperidine rings is 1. The fraction of sp³-hybridized carbons (Fsp3) is 0.462. The van der Waals surface area contributed by atoms with Crippen molar-refractivity contribution in [1.29, 1.82) is 0 Å². The van der Waals surface area contributed by atoms with Crippen LogP contribution in [-0.4, -0.2) is 64.7 Å². The molecular formula is C39H47FN4O5. The maximum Gasteiger partial charge on any atom is 0.339 e. The van der Waals surface area contributed by atoms with Crippen molar-refractivity contribution in [2.24, 2.45) is 0 Å². The van der Waals surface area contributed by atoms with Crippen LogP contribution in [-0.2, 0) is 19.0 Å². The van der Waals surface area contributed by atoms with Crippen LogP contribution in [0.2, 0.25) is 0 Å². The summed E-state index contributed by atoms with van der Waals surface area (Å²) in [6.07, 6.45) is 5.07. The quantitative estimate of drug-likeness (QED) is 0.160. The first-order chi connectivity index (χ1) is 23.2. The molecule has 9 nitrogen and oxygen atoms in total. The van der Waals surface area contributed by atoms with Crippen LogP contribution in [0.3, 0.4) is 0 Å². The third-order valence-corrected chi connectivity index (χ3v) is 9.21. The van der Waals surface area contributed by atoms with E-state index in [4.69, 9.17) is 29.0 Å². The number of nitrogens with zero attached hydrogens (tertiary/aromatic N) is 4. The predicted molar refractivity (Wildman–Crippen MR) is 189 cm³/mol. The predicted octanol–water partition coefficient (Wildman–Crippen LogP) is 7.95. The Labute approximate surface area is 288 Å². The molecule has 0 spiro atoms. The number of benzene rings is 2. The molecule has 1 fully saturated rings. The minimum Gasteiger partial charge on any atom is -0.490 e. The molecule has 10 heteroatoms. The lowest BCUT2D eigenvalue weighted by molar-refractivity contribution is -0.164. The van der Waals surface area contributed by atoms with Crippen LogP contribution in [0.25, 0.3) is 28.0 Å². The smallest absolute Gasteiger partial charge is 0.339 e. The molecule has 260 valence electrons. The van der Waals surface area contributed by atoms with E-state index in [0.29, 0.717) is 65.6 Å². The van der Waals surface area contributed by atoms with E-state index in [1.165, 1.54) is 13.2 Å². The summed E-state index contributed by atoms with van der Waals surface area (Å²) in [5.41, 5.74) is 4.21. The first-order valence-corrected chi connectivity index (χ1v) is 17.0. The zero-order valence-corrected chi connectivity index (χ0v) is 29.8. The summed E-state index contributed by atoms with van der Waals surface area (Å²) in [7, 11) is 1.37. The number of aryl methyl sites for hydroxylation is 2. The van der Waals surface area contributed by atoms with Crippen molar-refractivity contribution in [3.8, 4) is 28.1 Å². The highest BCUT2D eigenvalue weighted by molar-refractivity contribution is 5.81. The number of carbonyl (C=O) groups is 1. The zero-order valence-electron chi connectivity index (χ0n) is 29.8. The van der Waals surface area contributed by atoms with E-state index in [0.717, 1.165) is 29.8 Å². The molecule has 1 saturated heterocycles. The molecule has 5 heterocycles. The summed E-state index contributed by atoms with van der Waals surface area (Å²) < 4.78 is 42.0. The summed E-state index contributed by atoms with van der Waals surface area (Å²) in [4.78, 5) is 20.6. The highest BCUT2D eigenvalue weighted by Gasteiger charge is 2.38. The summed E-state index contributed by atoms with van der Waals surface area (Å²) >= 11 is 0. The fourth-order valence-corrected chi connectivity index (χ4v) is 6.68. The van der Waals surface area contributed by atoms with Crippen molar-refractivity contribution in [1.82, 2.24) is 14.6 Å². The Morgan fingerprint density at radius 2 is 1.82 bits per heavy atom. The van der Waals surface area contributed by atoms with Gasteiger partial charge < -0.3 is 23.8 Å². The van der Waals surface area contributed by atoms with Gasteiger partial charge >= 0.3 is 5.97 Å². The molecule has 4 aromatic rings. The van der Waals surface area contributed by atoms with Crippen molar-refractivity contribution in [2.45, 2.75) is 91.1 Å². The molecule has 3 aliphatic heterocycles. The van der Waals surface area contributed by atoms with Crippen LogP contribution in [0.15, 0.2) is 54.6 Å². The molecule has 6 bridgehead atoms. The zero-order chi connectivity index (χ0) is 35.1. The number of ether oxygens (including phenoxy) is 4. The number of carbonyl (C=O) groups excluding carboxylic acids is 1. The summed E-state index contributed by atoms with van der Waals surface area (Å²) in [6.45, 7) is 15.4. The molecule has 0 saturated carbocycles. The fourth-order valence-electron chi connectivity index (χ4n) is 6.68. The molecule has 0 radical (unpaired) electrons. The molecule has 0 N–H and O–H groups in total. The van der Waals surface area contributed by atoms with Gasteiger partial charge in [-0.25, -0.2) is 14.2 Å². The van der Waals surface area contributed by atoms with Gasteiger partial charge in [-0.2, -0.15) is 9.61 Å². The number of esters is 1. The molecular weight excluding hydrogens is 623 g/mol. The summed E-state index contributed by atoms with van der Waals surface area (Å²) in [5, 5.41) is 5.10. The Morgan fingerprint density at radius 3 is 2.53 bits per heavy atom. The summed E-state index contributed by atoms with van der Waals surface area (Å²) in [6, 6.07) is 13.0. The van der Waals surface area contributed by atoms with E-state index in [9.17, 15) is 4.79 Å². The van der Waals surface area contributed by atoms with E-state index in [1.54, 1.807) is 4.52 Å². The molecule has 49 heavy (non-hydrogen) atoms. The van der Waals surface area contributed by atoms with Gasteiger partial charge in [0.1, 0.15) is 17.4 Å². The monoisotopic (exact) mass is 670 g/mol. The first kappa shape index (κ1) is 34.6. The second-order valence-corrected chi connectivity index (χ2v) is 14.5. The second-order valence-electron chi connectivity index (χ2n) is 14.5. The topological polar surface area (TPSA) is 87.4 Å². The minimum atomic E-state index is -1.03. The van der Waals surface area contributed by atoms with Crippen LogP contribution in [0.4, 0.5) is 10.2 Å². The molecule has 2 atom stereocenters. The Bertz CT molecular complexity index is 1890. The van der Waals surface area contributed by atoms with Gasteiger partial charge in [-0.3, -0.25) is 0 Å². The number of fused-ring (bicyclic) bond motifs is 7. The Hall–Kier alpha value is -4.28. The van der Waals surface area contributed by atoms with Gasteiger partial charge in [0.25, 0.3) is 0 Å². The number of hydrogen-bond donors (Lipinski definition) is 0. The third kappa shape index (κ3) is 7.35. The van der Waals surface area contributed by atoms with Crippen LogP contribution in [0.5, 0.6) is 5.75 Å². The van der Waals surface area contributed by atoms with E-state index >= 15 is 4.39 Å². The second kappa shape index (κ2) is 13.6.